The van der Waals surface area contributed by atoms with Crippen LogP contribution in [0.1, 0.15) is 19.3 Å². The Kier molecular flexibility index (Phi) is 4.02. The summed E-state index contributed by atoms with van der Waals surface area (Å²) in [6.45, 7) is 3.87. The van der Waals surface area contributed by atoms with Gasteiger partial charge in [0, 0.05) is 19.1 Å². The first-order valence-corrected chi connectivity index (χ1v) is 8.57. The van der Waals surface area contributed by atoms with E-state index in [4.69, 9.17) is 0 Å². The van der Waals surface area contributed by atoms with Gasteiger partial charge in [0.1, 0.15) is 12.1 Å². The molecule has 2 aromatic rings. The molecular weight excluding hydrogens is 306 g/mol. The van der Waals surface area contributed by atoms with E-state index in [-0.39, 0.29) is 18.0 Å². The highest BCUT2D eigenvalue weighted by Crippen LogP contribution is 2.21. The van der Waals surface area contributed by atoms with Gasteiger partial charge in [0.25, 0.3) is 5.56 Å². The zero-order valence-electron chi connectivity index (χ0n) is 13.6. The van der Waals surface area contributed by atoms with E-state index in [1.807, 2.05) is 11.0 Å². The molecule has 3 heterocycles. The molecule has 0 radical (unpaired) electrons. The number of hydrogen-bond acceptors (Lipinski definition) is 5. The van der Waals surface area contributed by atoms with E-state index in [9.17, 15) is 9.59 Å². The number of nitrogens with zero attached hydrogens (tertiary/aromatic N) is 5. The van der Waals surface area contributed by atoms with Crippen LogP contribution in [0.4, 0.5) is 0 Å². The van der Waals surface area contributed by atoms with Crippen LogP contribution in [0, 0.1) is 0 Å². The quantitative estimate of drug-likeness (QED) is 0.820. The van der Waals surface area contributed by atoms with Crippen molar-refractivity contribution in [3.8, 4) is 0 Å². The third kappa shape index (κ3) is 2.80. The lowest BCUT2D eigenvalue weighted by molar-refractivity contribution is -0.134. The van der Waals surface area contributed by atoms with E-state index in [0.717, 1.165) is 25.9 Å². The molecule has 7 heteroatoms. The number of benzene rings is 1. The van der Waals surface area contributed by atoms with Crippen LogP contribution >= 0.6 is 0 Å². The predicted octanol–water partition coefficient (Wildman–Crippen LogP) is 0.488. The molecule has 126 valence electrons. The highest BCUT2D eigenvalue weighted by Gasteiger charge is 2.29. The highest BCUT2D eigenvalue weighted by molar-refractivity contribution is 5.78. The molecule has 2 aliphatic heterocycles. The zero-order chi connectivity index (χ0) is 16.5. The van der Waals surface area contributed by atoms with Crippen LogP contribution in [0.2, 0.25) is 0 Å². The molecule has 0 unspecified atom stereocenters. The van der Waals surface area contributed by atoms with E-state index in [1.54, 1.807) is 18.2 Å². The average Bonchev–Trinajstić information content (AvgIpc) is 2.57. The molecule has 0 bridgehead atoms. The Balaban J connectivity index is 1.43. The first-order chi connectivity index (χ1) is 11.7. The van der Waals surface area contributed by atoms with Crippen LogP contribution in [-0.2, 0) is 11.3 Å². The molecule has 7 nitrogen and oxygen atoms in total. The van der Waals surface area contributed by atoms with Crippen LogP contribution < -0.4 is 5.56 Å². The summed E-state index contributed by atoms with van der Waals surface area (Å²) in [6.07, 6.45) is 3.33. The third-order valence-corrected chi connectivity index (χ3v) is 5.14. The van der Waals surface area contributed by atoms with Crippen molar-refractivity contribution >= 4 is 16.8 Å². The van der Waals surface area contributed by atoms with Gasteiger partial charge in [-0.15, -0.1) is 5.10 Å². The van der Waals surface area contributed by atoms with Gasteiger partial charge in [0.15, 0.2) is 0 Å². The normalized spacial score (nSPS) is 19.4. The molecular formula is C17H21N5O2. The minimum absolute atomic E-state index is 0.0367. The van der Waals surface area contributed by atoms with E-state index in [1.165, 1.54) is 24.2 Å². The maximum absolute atomic E-state index is 12.5. The van der Waals surface area contributed by atoms with Gasteiger partial charge in [0.05, 0.1) is 5.39 Å². The van der Waals surface area contributed by atoms with Gasteiger partial charge < -0.3 is 9.80 Å². The first-order valence-electron chi connectivity index (χ1n) is 8.57. The number of fused-ring (bicyclic) bond motifs is 1. The number of carbonyl (C=O) groups is 1. The zero-order valence-corrected chi connectivity index (χ0v) is 13.6. The molecule has 2 aliphatic rings. The van der Waals surface area contributed by atoms with Crippen molar-refractivity contribution in [2.45, 2.75) is 31.8 Å². The summed E-state index contributed by atoms with van der Waals surface area (Å²) < 4.78 is 1.17. The summed E-state index contributed by atoms with van der Waals surface area (Å²) in [7, 11) is 0. The topological polar surface area (TPSA) is 71.3 Å². The monoisotopic (exact) mass is 327 g/mol. The number of likely N-dealkylation sites (tertiary alicyclic amines) is 2. The Hall–Kier alpha value is -2.28. The summed E-state index contributed by atoms with van der Waals surface area (Å²) in [5, 5.41) is 8.43. The molecule has 0 N–H and O–H groups in total. The van der Waals surface area contributed by atoms with Gasteiger partial charge in [0.2, 0.25) is 5.91 Å². The summed E-state index contributed by atoms with van der Waals surface area (Å²) in [6, 6.07) is 7.68. The number of aromatic nitrogens is 3. The molecule has 0 spiro atoms. The summed E-state index contributed by atoms with van der Waals surface area (Å²) in [5.41, 5.74) is 0.297. The van der Waals surface area contributed by atoms with Gasteiger partial charge >= 0.3 is 0 Å². The maximum atomic E-state index is 12.5. The van der Waals surface area contributed by atoms with Crippen molar-refractivity contribution in [2.75, 3.05) is 26.2 Å². The number of carbonyl (C=O) groups excluding carboxylic acids is 1. The number of piperidine rings is 1. The van der Waals surface area contributed by atoms with Crippen LogP contribution in [0.3, 0.4) is 0 Å². The SMILES string of the molecule is O=C(Cn1nnc2ccccc2c1=O)N1CCC(N2CCC2)CC1. The van der Waals surface area contributed by atoms with Crippen molar-refractivity contribution in [1.82, 2.24) is 24.8 Å². The molecule has 24 heavy (non-hydrogen) atoms. The molecule has 1 aromatic heterocycles. The molecule has 1 aromatic carbocycles. The fourth-order valence-electron chi connectivity index (χ4n) is 3.54. The van der Waals surface area contributed by atoms with E-state index >= 15 is 0 Å². The van der Waals surface area contributed by atoms with Crippen molar-refractivity contribution in [3.63, 3.8) is 0 Å². The summed E-state index contributed by atoms with van der Waals surface area (Å²) >= 11 is 0. The number of amides is 1. The minimum atomic E-state index is -0.260. The Bertz CT molecular complexity index is 806. The molecule has 2 saturated heterocycles. The number of rotatable bonds is 3. The Labute approximate surface area is 139 Å². The Morgan fingerprint density at radius 3 is 2.58 bits per heavy atom. The third-order valence-electron chi connectivity index (χ3n) is 5.14. The Morgan fingerprint density at radius 1 is 1.12 bits per heavy atom. The number of hydrogen-bond donors (Lipinski definition) is 0. The molecule has 4 rings (SSSR count). The van der Waals surface area contributed by atoms with E-state index < -0.39 is 0 Å². The van der Waals surface area contributed by atoms with Gasteiger partial charge in [-0.1, -0.05) is 17.3 Å². The molecule has 0 saturated carbocycles. The van der Waals surface area contributed by atoms with Crippen molar-refractivity contribution in [1.29, 1.82) is 0 Å². The molecule has 0 aliphatic carbocycles. The van der Waals surface area contributed by atoms with E-state index in [2.05, 4.69) is 15.2 Å². The van der Waals surface area contributed by atoms with Gasteiger partial charge in [-0.05, 0) is 44.5 Å². The lowest BCUT2D eigenvalue weighted by Gasteiger charge is -2.42. The fraction of sp³-hybridized carbons (Fsp3) is 0.529. The molecule has 2 fully saturated rings. The van der Waals surface area contributed by atoms with Crippen LogP contribution in [0.15, 0.2) is 29.1 Å². The fourth-order valence-corrected chi connectivity index (χ4v) is 3.54. The van der Waals surface area contributed by atoms with Gasteiger partial charge in [-0.2, -0.15) is 0 Å². The smallest absolute Gasteiger partial charge is 0.278 e. The standard InChI is InChI=1S/C17H21N5O2/c23-16(21-10-6-13(7-11-21)20-8-3-9-20)12-22-17(24)14-4-1-2-5-15(14)18-19-22/h1-2,4-5,13H,3,6-12H2. The second-order valence-corrected chi connectivity index (χ2v) is 6.57. The highest BCUT2D eigenvalue weighted by atomic mass is 16.2. The lowest BCUT2D eigenvalue weighted by atomic mass is 10.00. The second kappa shape index (κ2) is 6.32. The second-order valence-electron chi connectivity index (χ2n) is 6.57. The van der Waals surface area contributed by atoms with Crippen LogP contribution in [0.25, 0.3) is 10.9 Å². The van der Waals surface area contributed by atoms with Crippen molar-refractivity contribution in [3.05, 3.63) is 34.6 Å². The van der Waals surface area contributed by atoms with Gasteiger partial charge in [-0.25, -0.2) is 4.68 Å². The van der Waals surface area contributed by atoms with Crippen LogP contribution in [0.5, 0.6) is 0 Å². The summed E-state index contributed by atoms with van der Waals surface area (Å²) in [5.74, 6) is -0.0521. The maximum Gasteiger partial charge on any atom is 0.278 e. The van der Waals surface area contributed by atoms with Gasteiger partial charge in [-0.3, -0.25) is 9.59 Å². The largest absolute Gasteiger partial charge is 0.341 e. The molecule has 1 amide bonds. The van der Waals surface area contributed by atoms with Crippen molar-refractivity contribution in [2.24, 2.45) is 0 Å². The Morgan fingerprint density at radius 2 is 1.88 bits per heavy atom. The first kappa shape index (κ1) is 15.3. The predicted molar refractivity (Wildman–Crippen MR) is 89.6 cm³/mol. The minimum Gasteiger partial charge on any atom is -0.341 e. The molecule has 0 atom stereocenters. The average molecular weight is 327 g/mol. The summed E-state index contributed by atoms with van der Waals surface area (Å²) in [4.78, 5) is 29.3. The van der Waals surface area contributed by atoms with Crippen LogP contribution in [-0.4, -0.2) is 62.9 Å². The van der Waals surface area contributed by atoms with Crippen molar-refractivity contribution < 1.29 is 4.79 Å². The lowest BCUT2D eigenvalue weighted by Crippen LogP contribution is -2.52. The van der Waals surface area contributed by atoms with E-state index in [0.29, 0.717) is 16.9 Å².